The SMILES string of the molecule is NC(=NO)C1CCN(C(=O)c2ccc(F)c(F)c2F)CC1. The molecule has 1 fully saturated rings. The van der Waals surface area contributed by atoms with Crippen LogP contribution < -0.4 is 5.73 Å². The predicted molar refractivity (Wildman–Crippen MR) is 68.4 cm³/mol. The van der Waals surface area contributed by atoms with Crippen LogP contribution in [0, 0.1) is 23.4 Å². The molecule has 5 nitrogen and oxygen atoms in total. The number of carbonyl (C=O) groups excluding carboxylic acids is 1. The van der Waals surface area contributed by atoms with Crippen molar-refractivity contribution in [2.45, 2.75) is 12.8 Å². The number of halogens is 3. The van der Waals surface area contributed by atoms with E-state index in [1.54, 1.807) is 0 Å². The van der Waals surface area contributed by atoms with Crippen molar-refractivity contribution in [2.24, 2.45) is 16.8 Å². The maximum atomic E-state index is 13.6. The second-order valence-corrected chi connectivity index (χ2v) is 4.81. The Morgan fingerprint density at radius 1 is 1.24 bits per heavy atom. The standard InChI is InChI=1S/C13H14F3N3O2/c14-9-2-1-8(10(15)11(9)16)13(20)19-5-3-7(4-6-19)12(17)18-21/h1-2,7,21H,3-6H2,(H2,17,18). The van der Waals surface area contributed by atoms with Crippen molar-refractivity contribution < 1.29 is 23.2 Å². The Balaban J connectivity index is 2.11. The molecule has 0 atom stereocenters. The third-order valence-electron chi connectivity index (χ3n) is 3.58. The highest BCUT2D eigenvalue weighted by molar-refractivity contribution is 5.94. The monoisotopic (exact) mass is 301 g/mol. The largest absolute Gasteiger partial charge is 0.409 e. The van der Waals surface area contributed by atoms with Crippen LogP contribution in [-0.4, -0.2) is 34.9 Å². The van der Waals surface area contributed by atoms with E-state index in [1.807, 2.05) is 0 Å². The summed E-state index contributed by atoms with van der Waals surface area (Å²) in [5, 5.41) is 11.5. The molecule has 1 heterocycles. The van der Waals surface area contributed by atoms with Crippen LogP contribution in [0.5, 0.6) is 0 Å². The van der Waals surface area contributed by atoms with Gasteiger partial charge in [0.1, 0.15) is 5.84 Å². The van der Waals surface area contributed by atoms with Gasteiger partial charge in [-0.05, 0) is 25.0 Å². The Morgan fingerprint density at radius 3 is 2.43 bits per heavy atom. The molecule has 8 heteroatoms. The van der Waals surface area contributed by atoms with E-state index in [0.717, 1.165) is 12.1 Å². The van der Waals surface area contributed by atoms with Crippen molar-refractivity contribution in [3.05, 3.63) is 35.1 Å². The van der Waals surface area contributed by atoms with E-state index >= 15 is 0 Å². The Labute approximate surface area is 118 Å². The summed E-state index contributed by atoms with van der Waals surface area (Å²) in [5.41, 5.74) is 4.98. The molecule has 2 rings (SSSR count). The van der Waals surface area contributed by atoms with Gasteiger partial charge in [0.2, 0.25) is 0 Å². The number of nitrogens with two attached hydrogens (primary N) is 1. The van der Waals surface area contributed by atoms with E-state index in [9.17, 15) is 18.0 Å². The fourth-order valence-electron chi connectivity index (χ4n) is 2.32. The molecule has 1 saturated heterocycles. The highest BCUT2D eigenvalue weighted by atomic mass is 19.2. The molecule has 0 bridgehead atoms. The summed E-state index contributed by atoms with van der Waals surface area (Å²) in [6, 6.07) is 1.64. The van der Waals surface area contributed by atoms with Gasteiger partial charge >= 0.3 is 0 Å². The molecule has 0 unspecified atom stereocenters. The summed E-state index contributed by atoms with van der Waals surface area (Å²) in [6.07, 6.45) is 0.903. The number of hydrogen-bond donors (Lipinski definition) is 2. The molecule has 0 radical (unpaired) electrons. The van der Waals surface area contributed by atoms with Gasteiger partial charge in [0, 0.05) is 19.0 Å². The molecule has 1 amide bonds. The highest BCUT2D eigenvalue weighted by Gasteiger charge is 2.28. The van der Waals surface area contributed by atoms with Gasteiger partial charge in [0.25, 0.3) is 5.91 Å². The predicted octanol–water partition coefficient (Wildman–Crippen LogP) is 1.70. The minimum absolute atomic E-state index is 0.0844. The van der Waals surface area contributed by atoms with Gasteiger partial charge in [-0.25, -0.2) is 13.2 Å². The molecule has 1 aliphatic heterocycles. The van der Waals surface area contributed by atoms with Gasteiger partial charge in [-0.1, -0.05) is 5.16 Å². The highest BCUT2D eigenvalue weighted by Crippen LogP contribution is 2.22. The topological polar surface area (TPSA) is 78.9 Å². The van der Waals surface area contributed by atoms with Gasteiger partial charge < -0.3 is 15.8 Å². The number of piperidine rings is 1. The molecule has 1 aliphatic rings. The third kappa shape index (κ3) is 2.93. The Morgan fingerprint density at radius 2 is 1.86 bits per heavy atom. The van der Waals surface area contributed by atoms with Gasteiger partial charge in [0.05, 0.1) is 5.56 Å². The maximum Gasteiger partial charge on any atom is 0.256 e. The van der Waals surface area contributed by atoms with Crippen LogP contribution in [0.25, 0.3) is 0 Å². The number of benzene rings is 1. The van der Waals surface area contributed by atoms with Gasteiger partial charge in [-0.15, -0.1) is 0 Å². The van der Waals surface area contributed by atoms with Crippen LogP contribution in [-0.2, 0) is 0 Å². The minimum Gasteiger partial charge on any atom is -0.409 e. The number of oxime groups is 1. The number of amides is 1. The van der Waals surface area contributed by atoms with Crippen molar-refractivity contribution in [3.63, 3.8) is 0 Å². The molecule has 1 aromatic carbocycles. The van der Waals surface area contributed by atoms with Crippen LogP contribution in [0.2, 0.25) is 0 Å². The molecule has 114 valence electrons. The summed E-state index contributed by atoms with van der Waals surface area (Å²) < 4.78 is 39.6. The first kappa shape index (κ1) is 15.1. The fraction of sp³-hybridized carbons (Fsp3) is 0.385. The summed E-state index contributed by atoms with van der Waals surface area (Å²) >= 11 is 0. The zero-order chi connectivity index (χ0) is 15.6. The van der Waals surface area contributed by atoms with Crippen molar-refractivity contribution >= 4 is 11.7 Å². The lowest BCUT2D eigenvalue weighted by atomic mass is 9.95. The van der Waals surface area contributed by atoms with Crippen LogP contribution in [0.4, 0.5) is 13.2 Å². The Hall–Kier alpha value is -2.25. The summed E-state index contributed by atoms with van der Waals surface area (Å²) in [4.78, 5) is 13.4. The van der Waals surface area contributed by atoms with Crippen molar-refractivity contribution in [2.75, 3.05) is 13.1 Å². The number of rotatable bonds is 2. The van der Waals surface area contributed by atoms with Gasteiger partial charge in [0.15, 0.2) is 17.5 Å². The van der Waals surface area contributed by atoms with E-state index in [-0.39, 0.29) is 24.8 Å². The first-order valence-electron chi connectivity index (χ1n) is 6.36. The van der Waals surface area contributed by atoms with E-state index in [4.69, 9.17) is 10.9 Å². The van der Waals surface area contributed by atoms with Crippen LogP contribution in [0.1, 0.15) is 23.2 Å². The molecule has 0 aliphatic carbocycles. The number of carbonyl (C=O) groups is 1. The zero-order valence-corrected chi connectivity index (χ0v) is 11.0. The lowest BCUT2D eigenvalue weighted by Crippen LogP contribution is -2.42. The van der Waals surface area contributed by atoms with E-state index in [1.165, 1.54) is 4.90 Å². The number of likely N-dealkylation sites (tertiary alicyclic amines) is 1. The molecule has 0 saturated carbocycles. The average Bonchev–Trinajstić information content (AvgIpc) is 2.51. The number of nitrogens with zero attached hydrogens (tertiary/aromatic N) is 2. The van der Waals surface area contributed by atoms with Crippen LogP contribution in [0.3, 0.4) is 0 Å². The quantitative estimate of drug-likeness (QED) is 0.287. The van der Waals surface area contributed by atoms with Crippen LogP contribution >= 0.6 is 0 Å². The second-order valence-electron chi connectivity index (χ2n) is 4.81. The molecular formula is C13H14F3N3O2. The summed E-state index contributed by atoms with van der Waals surface area (Å²) in [7, 11) is 0. The molecule has 0 aromatic heterocycles. The zero-order valence-electron chi connectivity index (χ0n) is 11.0. The Kier molecular flexibility index (Phi) is 4.35. The minimum atomic E-state index is -1.66. The fourth-order valence-corrected chi connectivity index (χ4v) is 2.32. The molecular weight excluding hydrogens is 287 g/mol. The van der Waals surface area contributed by atoms with E-state index in [2.05, 4.69) is 5.16 Å². The third-order valence-corrected chi connectivity index (χ3v) is 3.58. The number of hydrogen-bond acceptors (Lipinski definition) is 3. The average molecular weight is 301 g/mol. The van der Waals surface area contributed by atoms with E-state index < -0.39 is 28.9 Å². The maximum absolute atomic E-state index is 13.6. The number of amidine groups is 1. The molecule has 1 aromatic rings. The molecule has 3 N–H and O–H groups in total. The normalized spacial score (nSPS) is 17.1. The summed E-state index contributed by atoms with van der Waals surface area (Å²) in [6.45, 7) is 0.524. The van der Waals surface area contributed by atoms with Crippen molar-refractivity contribution in [1.29, 1.82) is 0 Å². The van der Waals surface area contributed by atoms with Crippen molar-refractivity contribution in [3.8, 4) is 0 Å². The first-order valence-corrected chi connectivity index (χ1v) is 6.36. The lowest BCUT2D eigenvalue weighted by Gasteiger charge is -2.31. The van der Waals surface area contributed by atoms with Crippen LogP contribution in [0.15, 0.2) is 17.3 Å². The first-order chi connectivity index (χ1) is 9.95. The molecule has 0 spiro atoms. The lowest BCUT2D eigenvalue weighted by molar-refractivity contribution is 0.0703. The summed E-state index contributed by atoms with van der Waals surface area (Å²) in [5.74, 6) is -5.26. The smallest absolute Gasteiger partial charge is 0.256 e. The Bertz CT molecular complexity index is 584. The second kappa shape index (κ2) is 6.02. The molecule has 21 heavy (non-hydrogen) atoms. The van der Waals surface area contributed by atoms with Gasteiger partial charge in [-0.3, -0.25) is 4.79 Å². The van der Waals surface area contributed by atoms with Gasteiger partial charge in [-0.2, -0.15) is 0 Å². The van der Waals surface area contributed by atoms with E-state index in [0.29, 0.717) is 12.8 Å². The van der Waals surface area contributed by atoms with Crippen molar-refractivity contribution in [1.82, 2.24) is 4.90 Å².